The summed E-state index contributed by atoms with van der Waals surface area (Å²) in [6.07, 6.45) is 1.83. The maximum absolute atomic E-state index is 12.0. The van der Waals surface area contributed by atoms with Crippen LogP contribution in [0.3, 0.4) is 0 Å². The van der Waals surface area contributed by atoms with Crippen LogP contribution in [0.4, 0.5) is 0 Å². The third kappa shape index (κ3) is 3.74. The van der Waals surface area contributed by atoms with Gasteiger partial charge in [-0.15, -0.1) is 5.56 Å². The van der Waals surface area contributed by atoms with Crippen LogP contribution in [0.5, 0.6) is 11.5 Å². The Hall–Kier alpha value is -1.84. The fourth-order valence-electron chi connectivity index (χ4n) is 2.41. The minimum Gasteiger partial charge on any atom is -0.553 e. The Morgan fingerprint density at radius 2 is 1.52 bits per heavy atom. The van der Waals surface area contributed by atoms with Crippen molar-refractivity contribution in [2.75, 3.05) is 14.2 Å². The molecule has 0 aliphatic carbocycles. The minimum atomic E-state index is 0. The number of aryl methyl sites for hydroxylation is 1. The molecule has 23 heavy (non-hydrogen) atoms. The predicted octanol–water partition coefficient (Wildman–Crippen LogP) is 3.32. The van der Waals surface area contributed by atoms with Crippen molar-refractivity contribution in [3.63, 3.8) is 0 Å². The quantitative estimate of drug-likeness (QED) is 0.626. The fourth-order valence-corrected chi connectivity index (χ4v) is 2.41. The molecule has 4 nitrogen and oxygen atoms in total. The van der Waals surface area contributed by atoms with Gasteiger partial charge in [0.25, 0.3) is 5.56 Å². The van der Waals surface area contributed by atoms with Crippen LogP contribution in [-0.2, 0) is 24.1 Å². The summed E-state index contributed by atoms with van der Waals surface area (Å²) < 4.78 is 12.3. The van der Waals surface area contributed by atoms with Gasteiger partial charge >= 0.3 is 17.1 Å². The summed E-state index contributed by atoms with van der Waals surface area (Å²) in [5, 5.41) is 0. The summed E-state index contributed by atoms with van der Waals surface area (Å²) in [4.78, 5) is 12.0. The number of nitrogens with zero attached hydrogens (tertiary/aromatic N) is 1. The van der Waals surface area contributed by atoms with Crippen molar-refractivity contribution in [1.82, 2.24) is 4.57 Å². The number of pyridine rings is 1. The van der Waals surface area contributed by atoms with Crippen LogP contribution in [0.2, 0.25) is 0 Å². The number of aromatic nitrogens is 1. The van der Waals surface area contributed by atoms with Gasteiger partial charge in [0.15, 0.2) is 0 Å². The average molecular weight is 356 g/mol. The van der Waals surface area contributed by atoms with E-state index in [0.717, 1.165) is 22.3 Å². The van der Waals surface area contributed by atoms with Crippen LogP contribution in [0, 0.1) is 28.2 Å². The molecule has 0 unspecified atom stereocenters. The molecular weight excluding hydrogens is 333 g/mol. The van der Waals surface area contributed by atoms with Crippen LogP contribution in [0.15, 0.2) is 23.1 Å². The Morgan fingerprint density at radius 1 is 1.04 bits per heavy atom. The molecule has 2 rings (SSSR count). The standard InChI is InChI=1S/C17H20NO3.CH3.Mn/c1-10-11(2)17(19)18(4)9-14(10)13-7-15(20-5)12(3)16(8-13)21-6;;/h7-9H,3H2,1-2,4-6H3;1H3;/q2*-1;+2. The van der Waals surface area contributed by atoms with E-state index in [-0.39, 0.29) is 30.1 Å². The summed E-state index contributed by atoms with van der Waals surface area (Å²) in [5.41, 5.74) is 4.34. The van der Waals surface area contributed by atoms with E-state index >= 15 is 0 Å². The summed E-state index contributed by atoms with van der Waals surface area (Å²) in [6, 6.07) is 3.83. The molecule has 0 spiro atoms. The fraction of sp³-hybridized carbons (Fsp3) is 0.278. The first-order valence-corrected chi connectivity index (χ1v) is 6.65. The van der Waals surface area contributed by atoms with Gasteiger partial charge in [0, 0.05) is 30.3 Å². The van der Waals surface area contributed by atoms with Crippen molar-refractivity contribution in [2.24, 2.45) is 7.05 Å². The molecule has 0 saturated carbocycles. The molecule has 0 amide bonds. The first-order valence-electron chi connectivity index (χ1n) is 6.65. The summed E-state index contributed by atoms with van der Waals surface area (Å²) >= 11 is 0. The number of hydrogen-bond acceptors (Lipinski definition) is 3. The molecular formula is C18H23MnNO3. The molecule has 2 aromatic rings. The third-order valence-corrected chi connectivity index (χ3v) is 3.85. The second kappa shape index (κ2) is 8.14. The van der Waals surface area contributed by atoms with Crippen LogP contribution in [0.25, 0.3) is 11.1 Å². The number of methoxy groups -OCH3 is 2. The van der Waals surface area contributed by atoms with Crippen LogP contribution in [-0.4, -0.2) is 18.8 Å². The van der Waals surface area contributed by atoms with Crippen molar-refractivity contribution in [3.8, 4) is 22.6 Å². The summed E-state index contributed by atoms with van der Waals surface area (Å²) in [7, 11) is 4.96. The summed E-state index contributed by atoms with van der Waals surface area (Å²) in [6.45, 7) is 7.75. The van der Waals surface area contributed by atoms with Crippen molar-refractivity contribution in [2.45, 2.75) is 13.8 Å². The normalized spacial score (nSPS) is 9.61. The van der Waals surface area contributed by atoms with E-state index < -0.39 is 0 Å². The van der Waals surface area contributed by atoms with Gasteiger partial charge in [0.2, 0.25) is 0 Å². The molecule has 1 radical (unpaired) electrons. The first-order chi connectivity index (χ1) is 9.90. The van der Waals surface area contributed by atoms with E-state index in [2.05, 4.69) is 6.92 Å². The Kier molecular flexibility index (Phi) is 7.48. The van der Waals surface area contributed by atoms with E-state index in [1.807, 2.05) is 32.2 Å². The second-order valence-electron chi connectivity index (χ2n) is 5.07. The van der Waals surface area contributed by atoms with Gasteiger partial charge in [-0.3, -0.25) is 4.79 Å². The molecule has 0 saturated heterocycles. The van der Waals surface area contributed by atoms with Crippen molar-refractivity contribution >= 4 is 0 Å². The average Bonchev–Trinajstić information content (AvgIpc) is 2.49. The van der Waals surface area contributed by atoms with E-state index in [1.165, 1.54) is 0 Å². The van der Waals surface area contributed by atoms with E-state index in [4.69, 9.17) is 9.47 Å². The Bertz CT molecular complexity index is 726. The number of ether oxygens (including phenoxy) is 2. The predicted molar refractivity (Wildman–Crippen MR) is 90.6 cm³/mol. The topological polar surface area (TPSA) is 40.5 Å². The molecule has 1 heterocycles. The zero-order valence-electron chi connectivity index (χ0n) is 14.5. The Labute approximate surface area is 148 Å². The SMILES string of the molecule is [CH2-]c1c(OC)cc(-c2cn(C)c(=O)c(C)c2C)cc1OC.[CH3-].[Mn+2]. The molecule has 0 atom stereocenters. The number of hydrogen-bond donors (Lipinski definition) is 0. The smallest absolute Gasteiger partial charge is 0.553 e. The van der Waals surface area contributed by atoms with Gasteiger partial charge in [0.05, 0.1) is 14.2 Å². The molecule has 0 aliphatic rings. The molecule has 1 aromatic carbocycles. The molecule has 0 aliphatic heterocycles. The Balaban J connectivity index is 0.00000242. The first kappa shape index (κ1) is 21.2. The maximum atomic E-state index is 12.0. The number of benzene rings is 1. The van der Waals surface area contributed by atoms with E-state index in [1.54, 1.807) is 25.8 Å². The van der Waals surface area contributed by atoms with Crippen LogP contribution in [0.1, 0.15) is 16.7 Å². The Morgan fingerprint density at radius 3 is 1.96 bits per heavy atom. The van der Waals surface area contributed by atoms with Gasteiger partial charge < -0.3 is 21.5 Å². The van der Waals surface area contributed by atoms with Crippen molar-refractivity contribution in [3.05, 3.63) is 59.7 Å². The number of rotatable bonds is 3. The molecule has 1 aromatic heterocycles. The zero-order chi connectivity index (χ0) is 15.7. The van der Waals surface area contributed by atoms with Crippen molar-refractivity contribution < 1.29 is 26.5 Å². The monoisotopic (exact) mass is 356 g/mol. The molecule has 5 heteroatoms. The second-order valence-corrected chi connectivity index (χ2v) is 5.07. The maximum Gasteiger partial charge on any atom is 2.00 e. The summed E-state index contributed by atoms with van der Waals surface area (Å²) in [5.74, 6) is 1.32. The van der Waals surface area contributed by atoms with Gasteiger partial charge in [-0.05, 0) is 30.5 Å². The third-order valence-electron chi connectivity index (χ3n) is 3.85. The molecule has 125 valence electrons. The largest absolute Gasteiger partial charge is 2.00 e. The van der Waals surface area contributed by atoms with Gasteiger partial charge in [0.1, 0.15) is 0 Å². The molecule has 0 bridgehead atoms. The minimum absolute atomic E-state index is 0. The zero-order valence-corrected chi connectivity index (χ0v) is 15.7. The van der Waals surface area contributed by atoms with E-state index in [0.29, 0.717) is 17.1 Å². The van der Waals surface area contributed by atoms with Gasteiger partial charge in [-0.2, -0.15) is 6.92 Å². The van der Waals surface area contributed by atoms with Crippen molar-refractivity contribution in [1.29, 1.82) is 0 Å². The van der Waals surface area contributed by atoms with E-state index in [9.17, 15) is 4.79 Å². The van der Waals surface area contributed by atoms with Gasteiger partial charge in [-0.25, -0.2) is 0 Å². The molecule has 0 N–H and O–H groups in total. The molecule has 0 fully saturated rings. The van der Waals surface area contributed by atoms with Crippen LogP contribution < -0.4 is 15.0 Å². The van der Waals surface area contributed by atoms with Crippen LogP contribution >= 0.6 is 0 Å². The van der Waals surface area contributed by atoms with Gasteiger partial charge in [-0.1, -0.05) is 12.1 Å².